The topological polar surface area (TPSA) is 51.9 Å². The van der Waals surface area contributed by atoms with E-state index in [9.17, 15) is 4.79 Å². The molecule has 0 atom stereocenters. The van der Waals surface area contributed by atoms with Gasteiger partial charge in [-0.3, -0.25) is 10.5 Å². The van der Waals surface area contributed by atoms with E-state index < -0.39 is 0 Å². The van der Waals surface area contributed by atoms with Crippen molar-refractivity contribution in [2.75, 3.05) is 5.73 Å². The Labute approximate surface area is 176 Å². The number of nitrogens with two attached hydrogens (primary N) is 1. The van der Waals surface area contributed by atoms with Crippen molar-refractivity contribution in [3.8, 4) is 11.3 Å². The number of carbonyl (C=O) groups excluding carboxylic acids is 1. The summed E-state index contributed by atoms with van der Waals surface area (Å²) in [7, 11) is 1.85. The van der Waals surface area contributed by atoms with Gasteiger partial charge in [0.15, 0.2) is 5.78 Å². The molecule has 0 aliphatic heterocycles. The quantitative estimate of drug-likeness (QED) is 0.458. The second kappa shape index (κ2) is 8.44. The van der Waals surface area contributed by atoms with Gasteiger partial charge in [-0.1, -0.05) is 34.8 Å². The molecule has 0 amide bonds. The second-order valence-electron chi connectivity index (χ2n) is 5.62. The van der Waals surface area contributed by atoms with E-state index in [0.29, 0.717) is 26.6 Å². The lowest BCUT2D eigenvalue weighted by Crippen LogP contribution is -3.00. The maximum Gasteiger partial charge on any atom is 0.355 e. The summed E-state index contributed by atoms with van der Waals surface area (Å²) in [5, 5.41) is 1.42. The number of anilines is 1. The van der Waals surface area contributed by atoms with E-state index in [1.165, 1.54) is 0 Å². The lowest BCUT2D eigenvalue weighted by atomic mass is 10.1. The summed E-state index contributed by atoms with van der Waals surface area (Å²) in [6.45, 7) is 0.102. The Bertz CT molecular complexity index is 955. The largest absolute Gasteiger partial charge is 1.00 e. The van der Waals surface area contributed by atoms with E-state index >= 15 is 0 Å². The summed E-state index contributed by atoms with van der Waals surface area (Å²) in [6, 6.07) is 12.2. The van der Waals surface area contributed by atoms with Gasteiger partial charge in [-0.05, 0) is 42.5 Å². The summed E-state index contributed by atoms with van der Waals surface area (Å²) in [5.41, 5.74) is 8.48. The van der Waals surface area contributed by atoms with Crippen molar-refractivity contribution in [3.05, 3.63) is 69.3 Å². The molecule has 3 rings (SSSR count). The van der Waals surface area contributed by atoms with Gasteiger partial charge in [0, 0.05) is 16.1 Å². The fraction of sp³-hybridized carbons (Fsp3) is 0.111. The van der Waals surface area contributed by atoms with E-state index in [0.717, 1.165) is 11.3 Å². The molecule has 0 aliphatic carbocycles. The normalized spacial score (nSPS) is 10.5. The average Bonchev–Trinajstić information content (AvgIpc) is 2.86. The Morgan fingerprint density at radius 3 is 2.35 bits per heavy atom. The first kappa shape index (κ1) is 20.8. The van der Waals surface area contributed by atoms with Gasteiger partial charge in [-0.2, -0.15) is 0 Å². The fourth-order valence-corrected chi connectivity index (χ4v) is 2.97. The number of halogens is 4. The number of hydrogen-bond acceptors (Lipinski definition) is 2. The van der Waals surface area contributed by atoms with Crippen LogP contribution in [0, 0.1) is 0 Å². The molecule has 0 saturated carbocycles. The fourth-order valence-electron chi connectivity index (χ4n) is 2.55. The van der Waals surface area contributed by atoms with Gasteiger partial charge in [0.25, 0.3) is 0 Å². The van der Waals surface area contributed by atoms with E-state index in [4.69, 9.17) is 40.5 Å². The molecule has 0 bridgehead atoms. The lowest BCUT2D eigenvalue weighted by Gasteiger charge is -2.02. The third-order valence-corrected chi connectivity index (χ3v) is 4.96. The van der Waals surface area contributed by atoms with Gasteiger partial charge in [-0.15, -0.1) is 0 Å². The van der Waals surface area contributed by atoms with Crippen LogP contribution in [0.3, 0.4) is 0 Å². The number of nitrogens with zero attached hydrogens (tertiary/aromatic N) is 2. The number of aromatic nitrogens is 2. The highest BCUT2D eigenvalue weighted by molar-refractivity contribution is 6.42. The number of hydrogen-bond donors (Lipinski definition) is 1. The summed E-state index contributed by atoms with van der Waals surface area (Å²) >= 11 is 17.8. The van der Waals surface area contributed by atoms with Crippen molar-refractivity contribution in [3.63, 3.8) is 0 Å². The highest BCUT2D eigenvalue weighted by atomic mass is 79.9. The summed E-state index contributed by atoms with van der Waals surface area (Å²) in [4.78, 5) is 12.5. The third kappa shape index (κ3) is 4.23. The van der Waals surface area contributed by atoms with Crippen molar-refractivity contribution < 1.29 is 26.3 Å². The Hall–Kier alpha value is -1.53. The standard InChI is InChI=1S/C18H14Cl3N3O.BrH/c1-23-16(11-2-5-13(19)6-3-11)9-24(18(23)22)10-17(25)12-4-7-14(20)15(21)8-12;/h2-9,22H,10H2,1H3;1H. The van der Waals surface area contributed by atoms with E-state index in [1.54, 1.807) is 22.8 Å². The molecule has 1 heterocycles. The van der Waals surface area contributed by atoms with Crippen LogP contribution in [0.2, 0.25) is 15.1 Å². The Morgan fingerprint density at radius 2 is 1.73 bits per heavy atom. The zero-order valence-electron chi connectivity index (χ0n) is 13.7. The molecule has 0 fully saturated rings. The molecule has 4 nitrogen and oxygen atoms in total. The second-order valence-corrected chi connectivity index (χ2v) is 6.87. The van der Waals surface area contributed by atoms with Crippen LogP contribution in [0.15, 0.2) is 48.7 Å². The first-order valence-electron chi connectivity index (χ1n) is 7.45. The van der Waals surface area contributed by atoms with Gasteiger partial charge in [0.05, 0.1) is 17.1 Å². The number of ketones is 1. The maximum absolute atomic E-state index is 12.5. The maximum atomic E-state index is 12.5. The average molecular weight is 476 g/mol. The summed E-state index contributed by atoms with van der Waals surface area (Å²) < 4.78 is 3.53. The van der Waals surface area contributed by atoms with Gasteiger partial charge in [0.2, 0.25) is 0 Å². The van der Waals surface area contributed by atoms with Crippen LogP contribution in [-0.2, 0) is 13.6 Å². The molecule has 8 heteroatoms. The monoisotopic (exact) mass is 473 g/mol. The van der Waals surface area contributed by atoms with Gasteiger partial charge in [0.1, 0.15) is 18.4 Å². The molecule has 2 N–H and O–H groups in total. The third-order valence-electron chi connectivity index (χ3n) is 3.97. The van der Waals surface area contributed by atoms with Gasteiger partial charge >= 0.3 is 5.95 Å². The summed E-state index contributed by atoms with van der Waals surface area (Å²) in [6.07, 6.45) is 1.84. The van der Waals surface area contributed by atoms with Crippen molar-refractivity contribution in [2.24, 2.45) is 7.05 Å². The van der Waals surface area contributed by atoms with Crippen molar-refractivity contribution in [1.29, 1.82) is 0 Å². The highest BCUT2D eigenvalue weighted by Crippen LogP contribution is 2.24. The number of nitrogen functional groups attached to an aromatic ring is 1. The predicted molar refractivity (Wildman–Crippen MR) is 101 cm³/mol. The van der Waals surface area contributed by atoms with Crippen LogP contribution in [0.5, 0.6) is 0 Å². The number of Topliss-reactive ketones (excluding diaryl/α,β-unsaturated/α-hetero) is 1. The Balaban J connectivity index is 0.00000243. The molecule has 3 aromatic rings. The molecule has 136 valence electrons. The van der Waals surface area contributed by atoms with Crippen LogP contribution >= 0.6 is 34.8 Å². The molecule has 0 saturated heterocycles. The highest BCUT2D eigenvalue weighted by Gasteiger charge is 2.20. The number of carbonyl (C=O) groups is 1. The first-order valence-corrected chi connectivity index (χ1v) is 8.59. The van der Waals surface area contributed by atoms with Gasteiger partial charge in [-0.25, -0.2) is 9.13 Å². The number of imidazole rings is 1. The first-order chi connectivity index (χ1) is 11.9. The molecule has 0 spiro atoms. The zero-order chi connectivity index (χ0) is 18.1. The number of rotatable bonds is 4. The Morgan fingerprint density at radius 1 is 1.08 bits per heavy atom. The van der Waals surface area contributed by atoms with E-state index in [1.807, 2.05) is 42.1 Å². The van der Waals surface area contributed by atoms with Crippen molar-refractivity contribution in [1.82, 2.24) is 4.57 Å². The van der Waals surface area contributed by atoms with Crippen LogP contribution < -0.4 is 27.3 Å². The summed E-state index contributed by atoms with van der Waals surface area (Å²) in [5.74, 6) is 0.363. The Kier molecular flexibility index (Phi) is 6.74. The van der Waals surface area contributed by atoms with E-state index in [2.05, 4.69) is 0 Å². The van der Waals surface area contributed by atoms with Crippen molar-refractivity contribution in [2.45, 2.75) is 6.54 Å². The minimum Gasteiger partial charge on any atom is -1.00 e. The minimum atomic E-state index is -0.108. The molecule has 26 heavy (non-hydrogen) atoms. The van der Waals surface area contributed by atoms with Crippen molar-refractivity contribution >= 4 is 46.5 Å². The van der Waals surface area contributed by atoms with Gasteiger partial charge < -0.3 is 17.0 Å². The van der Waals surface area contributed by atoms with Crippen LogP contribution in [0.25, 0.3) is 11.3 Å². The molecule has 1 aromatic heterocycles. The molecule has 0 unspecified atom stereocenters. The molecule has 2 aromatic carbocycles. The lowest BCUT2D eigenvalue weighted by molar-refractivity contribution is -0.667. The SMILES string of the molecule is Cn1c(-c2ccc(Cl)cc2)c[n+](CC(=O)c2ccc(Cl)c(Cl)c2)c1N.[Br-]. The molecule has 0 aliphatic rings. The minimum absolute atomic E-state index is 0. The number of benzene rings is 2. The van der Waals surface area contributed by atoms with E-state index in [-0.39, 0.29) is 29.3 Å². The van der Waals surface area contributed by atoms with Crippen LogP contribution in [0.1, 0.15) is 10.4 Å². The van der Waals surface area contributed by atoms with Crippen LogP contribution in [-0.4, -0.2) is 10.4 Å². The smallest absolute Gasteiger partial charge is 0.355 e. The molecular formula is C18H15BrCl3N3O. The molecular weight excluding hydrogens is 460 g/mol. The van der Waals surface area contributed by atoms with Crippen LogP contribution in [0.4, 0.5) is 5.95 Å². The predicted octanol–water partition coefficient (Wildman–Crippen LogP) is 1.41. The molecule has 0 radical (unpaired) electrons. The zero-order valence-corrected chi connectivity index (χ0v) is 17.6.